The highest BCUT2D eigenvalue weighted by atomic mass is 16.5. The highest BCUT2D eigenvalue weighted by molar-refractivity contribution is 5.76. The molecule has 4 nitrogen and oxygen atoms in total. The highest BCUT2D eigenvalue weighted by Gasteiger charge is 2.26. The van der Waals surface area contributed by atoms with E-state index in [1.54, 1.807) is 0 Å². The van der Waals surface area contributed by atoms with Gasteiger partial charge in [-0.3, -0.25) is 9.59 Å². The number of hydrogen-bond acceptors (Lipinski definition) is 4. The molecule has 1 aliphatic heterocycles. The van der Waals surface area contributed by atoms with Crippen LogP contribution in [0.4, 0.5) is 0 Å². The van der Waals surface area contributed by atoms with Crippen LogP contribution in [0.25, 0.3) is 0 Å². The van der Waals surface area contributed by atoms with Crippen LogP contribution in [0.3, 0.4) is 0 Å². The fourth-order valence-corrected chi connectivity index (χ4v) is 5.16. The Morgan fingerprint density at radius 3 is 2.56 bits per heavy atom. The molecule has 0 N–H and O–H groups in total. The average molecular weight is 491 g/mol. The molecule has 2 atom stereocenters. The third-order valence-corrected chi connectivity index (χ3v) is 7.25. The van der Waals surface area contributed by atoms with Gasteiger partial charge >= 0.3 is 11.9 Å². The summed E-state index contributed by atoms with van der Waals surface area (Å²) in [7, 11) is 0. The molecule has 2 aromatic rings. The number of carbonyl (C=O) groups excluding carboxylic acids is 2. The fraction of sp³-hybridized carbons (Fsp3) is 0.500. The molecule has 0 bridgehead atoms. The highest BCUT2D eigenvalue weighted by Crippen LogP contribution is 2.37. The zero-order valence-electron chi connectivity index (χ0n) is 21.9. The summed E-state index contributed by atoms with van der Waals surface area (Å²) >= 11 is 0. The minimum Gasteiger partial charge on any atom is -0.426 e. The van der Waals surface area contributed by atoms with Crippen molar-refractivity contribution in [3.8, 4) is 11.5 Å². The van der Waals surface area contributed by atoms with E-state index >= 15 is 0 Å². The van der Waals surface area contributed by atoms with Crippen LogP contribution in [0.2, 0.25) is 0 Å². The molecule has 194 valence electrons. The SMILES string of the molecule is C=CCCC(CCCCCCCC(=O)Oc1ccccc1C)CCCC1CC(=O)Oc2ccccc21. The van der Waals surface area contributed by atoms with Gasteiger partial charge in [0.1, 0.15) is 11.5 Å². The van der Waals surface area contributed by atoms with E-state index in [1.807, 2.05) is 55.5 Å². The average Bonchev–Trinajstić information content (AvgIpc) is 2.87. The lowest BCUT2D eigenvalue weighted by atomic mass is 9.85. The molecule has 0 radical (unpaired) electrons. The third kappa shape index (κ3) is 9.29. The zero-order chi connectivity index (χ0) is 25.6. The van der Waals surface area contributed by atoms with E-state index in [1.165, 1.54) is 37.7 Å². The number of esters is 2. The first kappa shape index (κ1) is 27.7. The number of aryl methyl sites for hydroxylation is 1. The van der Waals surface area contributed by atoms with E-state index in [-0.39, 0.29) is 17.9 Å². The fourth-order valence-electron chi connectivity index (χ4n) is 5.16. The van der Waals surface area contributed by atoms with Gasteiger partial charge in [0.05, 0.1) is 6.42 Å². The first-order valence-electron chi connectivity index (χ1n) is 13.7. The summed E-state index contributed by atoms with van der Waals surface area (Å²) in [5.74, 6) is 2.15. The molecule has 4 heteroatoms. The van der Waals surface area contributed by atoms with Crippen LogP contribution in [0.1, 0.15) is 101 Å². The maximum absolute atomic E-state index is 12.1. The Morgan fingerprint density at radius 2 is 1.72 bits per heavy atom. The smallest absolute Gasteiger partial charge is 0.311 e. The van der Waals surface area contributed by atoms with Crippen molar-refractivity contribution in [3.63, 3.8) is 0 Å². The number of fused-ring (bicyclic) bond motifs is 1. The van der Waals surface area contributed by atoms with E-state index in [2.05, 4.69) is 12.6 Å². The number of hydrogen-bond donors (Lipinski definition) is 0. The molecule has 3 rings (SSSR count). The van der Waals surface area contributed by atoms with Crippen LogP contribution in [0.5, 0.6) is 11.5 Å². The number of ether oxygens (including phenoxy) is 2. The number of allylic oxidation sites excluding steroid dienone is 1. The van der Waals surface area contributed by atoms with Crippen molar-refractivity contribution in [3.05, 3.63) is 72.3 Å². The van der Waals surface area contributed by atoms with Crippen molar-refractivity contribution >= 4 is 11.9 Å². The standard InChI is InChI=1S/C32H42O4/c1-3-4-16-26(18-14-19-27-24-32(34)36-30-22-13-11-20-28(27)30)17-8-6-5-7-9-23-31(33)35-29-21-12-10-15-25(29)2/h3,10-13,15,20-22,26-27H,1,4-9,14,16-19,23-24H2,2H3. The molecule has 0 saturated heterocycles. The molecule has 36 heavy (non-hydrogen) atoms. The van der Waals surface area contributed by atoms with Gasteiger partial charge in [0.25, 0.3) is 0 Å². The lowest BCUT2D eigenvalue weighted by Crippen LogP contribution is -2.20. The van der Waals surface area contributed by atoms with Gasteiger partial charge in [0.2, 0.25) is 0 Å². The van der Waals surface area contributed by atoms with Gasteiger partial charge < -0.3 is 9.47 Å². The van der Waals surface area contributed by atoms with Crippen LogP contribution in [-0.4, -0.2) is 11.9 Å². The Morgan fingerprint density at radius 1 is 1.00 bits per heavy atom. The normalized spacial score (nSPS) is 15.6. The maximum atomic E-state index is 12.1. The largest absolute Gasteiger partial charge is 0.426 e. The maximum Gasteiger partial charge on any atom is 0.311 e. The first-order chi connectivity index (χ1) is 17.6. The van der Waals surface area contributed by atoms with Crippen molar-refractivity contribution < 1.29 is 19.1 Å². The molecule has 0 spiro atoms. The molecule has 2 unspecified atom stereocenters. The molecule has 0 saturated carbocycles. The van der Waals surface area contributed by atoms with E-state index < -0.39 is 0 Å². The summed E-state index contributed by atoms with van der Waals surface area (Å²) in [6.07, 6.45) is 15.4. The van der Waals surface area contributed by atoms with Crippen LogP contribution in [-0.2, 0) is 9.59 Å². The molecule has 0 aliphatic carbocycles. The summed E-state index contributed by atoms with van der Waals surface area (Å²) < 4.78 is 10.9. The van der Waals surface area contributed by atoms with Gasteiger partial charge in [-0.25, -0.2) is 0 Å². The lowest BCUT2D eigenvalue weighted by molar-refractivity contribution is -0.136. The van der Waals surface area contributed by atoms with Gasteiger partial charge in [-0.15, -0.1) is 6.58 Å². The molecule has 1 heterocycles. The minimum absolute atomic E-state index is 0.106. The molecule has 1 aliphatic rings. The second-order valence-electron chi connectivity index (χ2n) is 10.1. The quantitative estimate of drug-likeness (QED) is 0.102. The molecule has 0 fully saturated rings. The number of para-hydroxylation sites is 2. The summed E-state index contributed by atoms with van der Waals surface area (Å²) in [6.45, 7) is 5.86. The number of benzene rings is 2. The Bertz CT molecular complexity index is 980. The predicted molar refractivity (Wildman–Crippen MR) is 145 cm³/mol. The minimum atomic E-state index is -0.136. The third-order valence-electron chi connectivity index (χ3n) is 7.25. The Kier molecular flexibility index (Phi) is 11.8. The van der Waals surface area contributed by atoms with E-state index in [0.29, 0.717) is 24.5 Å². The van der Waals surface area contributed by atoms with Crippen LogP contribution in [0.15, 0.2) is 61.2 Å². The predicted octanol–water partition coefficient (Wildman–Crippen LogP) is 8.48. The first-order valence-corrected chi connectivity index (χ1v) is 13.7. The number of rotatable bonds is 16. The van der Waals surface area contributed by atoms with Crippen molar-refractivity contribution in [2.75, 3.05) is 0 Å². The van der Waals surface area contributed by atoms with Gasteiger partial charge in [0, 0.05) is 6.42 Å². The van der Waals surface area contributed by atoms with E-state index in [4.69, 9.17) is 9.47 Å². The summed E-state index contributed by atoms with van der Waals surface area (Å²) in [5.41, 5.74) is 2.17. The van der Waals surface area contributed by atoms with Crippen LogP contribution in [0, 0.1) is 12.8 Å². The molecular formula is C32H42O4. The topological polar surface area (TPSA) is 52.6 Å². The number of unbranched alkanes of at least 4 members (excludes halogenated alkanes) is 4. The van der Waals surface area contributed by atoms with E-state index in [0.717, 1.165) is 49.8 Å². The summed E-state index contributed by atoms with van der Waals surface area (Å²) in [5, 5.41) is 0. The van der Waals surface area contributed by atoms with Gasteiger partial charge in [-0.2, -0.15) is 0 Å². The number of carbonyl (C=O) groups is 2. The molecule has 0 aromatic heterocycles. The van der Waals surface area contributed by atoms with Crippen molar-refractivity contribution in [1.82, 2.24) is 0 Å². The monoisotopic (exact) mass is 490 g/mol. The molecular weight excluding hydrogens is 448 g/mol. The van der Waals surface area contributed by atoms with Gasteiger partial charge in [0.15, 0.2) is 0 Å². The Labute approximate surface area is 217 Å². The second kappa shape index (κ2) is 15.3. The van der Waals surface area contributed by atoms with Crippen LogP contribution < -0.4 is 9.47 Å². The summed E-state index contributed by atoms with van der Waals surface area (Å²) in [6, 6.07) is 15.6. The Balaban J connectivity index is 1.30. The van der Waals surface area contributed by atoms with E-state index in [9.17, 15) is 9.59 Å². The molecule has 0 amide bonds. The lowest BCUT2D eigenvalue weighted by Gasteiger charge is -2.25. The molecule has 2 aromatic carbocycles. The van der Waals surface area contributed by atoms with Crippen LogP contribution >= 0.6 is 0 Å². The van der Waals surface area contributed by atoms with Crippen molar-refractivity contribution in [2.45, 2.75) is 96.3 Å². The Hall–Kier alpha value is -2.88. The van der Waals surface area contributed by atoms with Gasteiger partial charge in [-0.05, 0) is 67.7 Å². The van der Waals surface area contributed by atoms with Gasteiger partial charge in [-0.1, -0.05) is 87.4 Å². The zero-order valence-corrected chi connectivity index (χ0v) is 21.9. The van der Waals surface area contributed by atoms with Crippen molar-refractivity contribution in [2.24, 2.45) is 5.92 Å². The summed E-state index contributed by atoms with van der Waals surface area (Å²) in [4.78, 5) is 24.1. The second-order valence-corrected chi connectivity index (χ2v) is 10.1. The van der Waals surface area contributed by atoms with Crippen molar-refractivity contribution in [1.29, 1.82) is 0 Å².